The van der Waals surface area contributed by atoms with Gasteiger partial charge in [0.05, 0.1) is 18.6 Å². The highest BCUT2D eigenvalue weighted by Crippen LogP contribution is 2.24. The summed E-state index contributed by atoms with van der Waals surface area (Å²) in [6.45, 7) is 4.00. The first kappa shape index (κ1) is 13.9. The number of rotatable bonds is 7. The molecule has 2 heterocycles. The van der Waals surface area contributed by atoms with E-state index in [1.165, 1.54) is 19.3 Å². The summed E-state index contributed by atoms with van der Waals surface area (Å²) in [6, 6.07) is 0. The molecule has 0 aliphatic carbocycles. The summed E-state index contributed by atoms with van der Waals surface area (Å²) in [5, 5.41) is 9.94. The van der Waals surface area contributed by atoms with Gasteiger partial charge < -0.3 is 10.1 Å². The van der Waals surface area contributed by atoms with E-state index in [4.69, 9.17) is 0 Å². The fourth-order valence-electron chi connectivity index (χ4n) is 2.30. The zero-order valence-corrected chi connectivity index (χ0v) is 11.6. The van der Waals surface area contributed by atoms with E-state index in [0.717, 1.165) is 18.4 Å². The van der Waals surface area contributed by atoms with Gasteiger partial charge in [-0.3, -0.25) is 0 Å². The number of unbranched alkanes of at least 4 members (excludes halogenated alkanes) is 3. The van der Waals surface area contributed by atoms with Gasteiger partial charge in [-0.25, -0.2) is 15.0 Å². The minimum Gasteiger partial charge on any atom is -0.393 e. The van der Waals surface area contributed by atoms with E-state index >= 15 is 0 Å². The van der Waals surface area contributed by atoms with E-state index in [2.05, 4.69) is 26.9 Å². The fourth-order valence-corrected chi connectivity index (χ4v) is 2.30. The van der Waals surface area contributed by atoms with Gasteiger partial charge in [-0.05, 0) is 13.3 Å². The molecule has 104 valence electrons. The molecule has 0 amide bonds. The van der Waals surface area contributed by atoms with Gasteiger partial charge in [0.25, 0.3) is 0 Å². The fraction of sp³-hybridized carbons (Fsp3) is 0.643. The summed E-state index contributed by atoms with van der Waals surface area (Å²) in [4.78, 5) is 15.9. The highest BCUT2D eigenvalue weighted by Gasteiger charge is 2.20. The lowest BCUT2D eigenvalue weighted by Crippen LogP contribution is -2.17. The van der Waals surface area contributed by atoms with Crippen LogP contribution < -0.4 is 0 Å². The maximum Gasteiger partial charge on any atom is 0.180 e. The van der Waals surface area contributed by atoms with E-state index in [0.29, 0.717) is 11.5 Å². The van der Waals surface area contributed by atoms with Crippen LogP contribution in [-0.4, -0.2) is 31.1 Å². The summed E-state index contributed by atoms with van der Waals surface area (Å²) in [5.74, 6) is 0.698. The monoisotopic (exact) mass is 262 g/mol. The molecule has 0 aliphatic heterocycles. The van der Waals surface area contributed by atoms with Crippen LogP contribution in [-0.2, 0) is 0 Å². The maximum atomic E-state index is 9.94. The Bertz CT molecular complexity index is 509. The van der Waals surface area contributed by atoms with Crippen LogP contribution in [0.15, 0.2) is 12.5 Å². The van der Waals surface area contributed by atoms with E-state index in [-0.39, 0.29) is 5.92 Å². The predicted octanol–water partition coefficient (Wildman–Crippen LogP) is 2.79. The normalized spacial score (nSPS) is 14.7. The van der Waals surface area contributed by atoms with Crippen LogP contribution >= 0.6 is 0 Å². The van der Waals surface area contributed by atoms with Gasteiger partial charge in [-0.2, -0.15) is 0 Å². The van der Waals surface area contributed by atoms with Gasteiger partial charge >= 0.3 is 0 Å². The van der Waals surface area contributed by atoms with E-state index < -0.39 is 6.10 Å². The first-order valence-electron chi connectivity index (χ1n) is 7.06. The third-order valence-electron chi connectivity index (χ3n) is 3.48. The molecule has 2 aromatic heterocycles. The molecule has 2 unspecified atom stereocenters. The van der Waals surface area contributed by atoms with Crippen LogP contribution in [0.2, 0.25) is 0 Å². The summed E-state index contributed by atoms with van der Waals surface area (Å²) < 4.78 is 0. The van der Waals surface area contributed by atoms with Gasteiger partial charge in [-0.15, -0.1) is 0 Å². The Kier molecular flexibility index (Phi) is 4.85. The van der Waals surface area contributed by atoms with Crippen molar-refractivity contribution in [2.45, 2.75) is 58.0 Å². The van der Waals surface area contributed by atoms with Crippen molar-refractivity contribution in [3.8, 4) is 0 Å². The Balaban J connectivity index is 2.08. The molecular weight excluding hydrogens is 240 g/mol. The number of H-pyrrole nitrogens is 1. The average molecular weight is 262 g/mol. The van der Waals surface area contributed by atoms with Crippen LogP contribution in [0, 0.1) is 0 Å². The summed E-state index contributed by atoms with van der Waals surface area (Å²) in [5.41, 5.74) is 1.50. The molecule has 0 aromatic carbocycles. The van der Waals surface area contributed by atoms with Gasteiger partial charge in [0.15, 0.2) is 5.65 Å². The molecule has 0 saturated heterocycles. The molecule has 0 bridgehead atoms. The average Bonchev–Trinajstić information content (AvgIpc) is 2.85. The number of nitrogens with one attached hydrogen (secondary N) is 1. The molecular formula is C14H22N4O. The molecule has 0 aliphatic rings. The minimum absolute atomic E-state index is 0.00189. The number of aliphatic hydroxyl groups excluding tert-OH is 1. The second-order valence-electron chi connectivity index (χ2n) is 5.06. The lowest BCUT2D eigenvalue weighted by atomic mass is 9.95. The minimum atomic E-state index is -0.432. The Hall–Kier alpha value is -1.49. The van der Waals surface area contributed by atoms with E-state index in [9.17, 15) is 5.11 Å². The summed E-state index contributed by atoms with van der Waals surface area (Å²) in [7, 11) is 0. The molecule has 5 nitrogen and oxygen atoms in total. The Morgan fingerprint density at radius 3 is 2.84 bits per heavy atom. The highest BCUT2D eigenvalue weighted by molar-refractivity contribution is 5.68. The van der Waals surface area contributed by atoms with Gasteiger partial charge in [0.2, 0.25) is 0 Å². The Labute approximate surface area is 113 Å². The number of hydrogen-bond donors (Lipinski definition) is 2. The topological polar surface area (TPSA) is 74.7 Å². The van der Waals surface area contributed by atoms with Crippen LogP contribution in [0.25, 0.3) is 11.2 Å². The molecule has 5 heteroatoms. The Morgan fingerprint density at radius 1 is 1.26 bits per heavy atom. The maximum absolute atomic E-state index is 9.94. The number of nitrogens with zero attached hydrogens (tertiary/aromatic N) is 3. The molecule has 2 aromatic rings. The van der Waals surface area contributed by atoms with Crippen LogP contribution in [0.1, 0.15) is 57.7 Å². The number of aromatic nitrogens is 4. The molecule has 2 atom stereocenters. The Morgan fingerprint density at radius 2 is 2.11 bits per heavy atom. The SMILES string of the molecule is CCCCCCC(c1ncc2[nH]cnc2n1)C(C)O. The zero-order chi connectivity index (χ0) is 13.7. The van der Waals surface area contributed by atoms with Crippen molar-refractivity contribution < 1.29 is 5.11 Å². The lowest BCUT2D eigenvalue weighted by molar-refractivity contribution is 0.152. The lowest BCUT2D eigenvalue weighted by Gasteiger charge is -2.18. The highest BCUT2D eigenvalue weighted by atomic mass is 16.3. The number of aliphatic hydroxyl groups is 1. The second-order valence-corrected chi connectivity index (χ2v) is 5.06. The van der Waals surface area contributed by atoms with Crippen molar-refractivity contribution in [3.05, 3.63) is 18.3 Å². The van der Waals surface area contributed by atoms with Crippen molar-refractivity contribution in [1.29, 1.82) is 0 Å². The number of imidazole rings is 1. The van der Waals surface area contributed by atoms with Crippen molar-refractivity contribution >= 4 is 11.2 Å². The molecule has 0 radical (unpaired) electrons. The number of fused-ring (bicyclic) bond motifs is 1. The third-order valence-corrected chi connectivity index (χ3v) is 3.48. The van der Waals surface area contributed by atoms with E-state index in [1.54, 1.807) is 12.5 Å². The molecule has 2 rings (SSSR count). The van der Waals surface area contributed by atoms with E-state index in [1.807, 2.05) is 6.92 Å². The summed E-state index contributed by atoms with van der Waals surface area (Å²) in [6.07, 6.45) is 8.61. The van der Waals surface area contributed by atoms with Gasteiger partial charge in [-0.1, -0.05) is 32.6 Å². The molecule has 2 N–H and O–H groups in total. The molecule has 19 heavy (non-hydrogen) atoms. The van der Waals surface area contributed by atoms with Crippen LogP contribution in [0.3, 0.4) is 0 Å². The van der Waals surface area contributed by atoms with Crippen molar-refractivity contribution in [3.63, 3.8) is 0 Å². The van der Waals surface area contributed by atoms with Crippen LogP contribution in [0.4, 0.5) is 0 Å². The molecule has 0 saturated carbocycles. The quantitative estimate of drug-likeness (QED) is 0.752. The van der Waals surface area contributed by atoms with Crippen molar-refractivity contribution in [2.75, 3.05) is 0 Å². The van der Waals surface area contributed by atoms with Crippen molar-refractivity contribution in [1.82, 2.24) is 19.9 Å². The third kappa shape index (κ3) is 3.50. The molecule has 0 spiro atoms. The number of aromatic amines is 1. The first-order valence-corrected chi connectivity index (χ1v) is 7.06. The van der Waals surface area contributed by atoms with Gasteiger partial charge in [0, 0.05) is 5.92 Å². The zero-order valence-electron chi connectivity index (χ0n) is 11.6. The smallest absolute Gasteiger partial charge is 0.180 e. The van der Waals surface area contributed by atoms with Gasteiger partial charge in [0.1, 0.15) is 11.3 Å². The van der Waals surface area contributed by atoms with Crippen molar-refractivity contribution in [2.24, 2.45) is 0 Å². The molecule has 0 fully saturated rings. The second kappa shape index (κ2) is 6.61. The largest absolute Gasteiger partial charge is 0.393 e. The summed E-state index contributed by atoms with van der Waals surface area (Å²) >= 11 is 0. The van der Waals surface area contributed by atoms with Crippen LogP contribution in [0.5, 0.6) is 0 Å². The standard InChI is InChI=1S/C14H22N4O/c1-3-4-5-6-7-11(10(2)19)13-15-8-12-14(18-13)17-9-16-12/h8-11,19H,3-7H2,1-2H3,(H,15,16,17,18). The predicted molar refractivity (Wildman–Crippen MR) is 74.9 cm³/mol. The number of hydrogen-bond acceptors (Lipinski definition) is 4. The first-order chi connectivity index (χ1) is 9.22.